The fourth-order valence-corrected chi connectivity index (χ4v) is 2.87. The first-order chi connectivity index (χ1) is 11.5. The van der Waals surface area contributed by atoms with Crippen LogP contribution in [0.2, 0.25) is 5.02 Å². The zero-order chi connectivity index (χ0) is 17.5. The predicted molar refractivity (Wildman–Crippen MR) is 98.5 cm³/mol. The minimum Gasteiger partial charge on any atom is -0.333 e. The number of rotatable bonds is 7. The van der Waals surface area contributed by atoms with Gasteiger partial charge >= 0.3 is 0 Å². The summed E-state index contributed by atoms with van der Waals surface area (Å²) >= 11 is 5.99. The van der Waals surface area contributed by atoms with Gasteiger partial charge in [-0.25, -0.2) is 0 Å². The molecule has 4 nitrogen and oxygen atoms in total. The number of hydrogen-bond acceptors (Lipinski definition) is 1. The van der Waals surface area contributed by atoms with E-state index in [0.29, 0.717) is 17.6 Å². The highest BCUT2D eigenvalue weighted by Gasteiger charge is 2.20. The Morgan fingerprint density at radius 2 is 1.92 bits per heavy atom. The van der Waals surface area contributed by atoms with Crippen LogP contribution in [0.15, 0.2) is 48.5 Å². The second-order valence-corrected chi connectivity index (χ2v) is 6.71. The van der Waals surface area contributed by atoms with Gasteiger partial charge in [-0.2, -0.15) is 0 Å². The maximum atomic E-state index is 12.2. The van der Waals surface area contributed by atoms with Gasteiger partial charge in [0.15, 0.2) is 12.6 Å². The van der Waals surface area contributed by atoms with Crippen molar-refractivity contribution < 1.29 is 15.0 Å². The molecule has 0 saturated carbocycles. The highest BCUT2D eigenvalue weighted by atomic mass is 35.5. The molecule has 2 aromatic rings. The van der Waals surface area contributed by atoms with Gasteiger partial charge in [0.1, 0.15) is 6.54 Å². The highest BCUT2D eigenvalue weighted by molar-refractivity contribution is 6.31. The average molecular weight is 348 g/mol. The highest BCUT2D eigenvalue weighted by Crippen LogP contribution is 2.19. The van der Waals surface area contributed by atoms with Crippen LogP contribution in [0, 0.1) is 6.92 Å². The second kappa shape index (κ2) is 8.83. The zero-order valence-electron chi connectivity index (χ0n) is 14.5. The Morgan fingerprint density at radius 3 is 2.58 bits per heavy atom. The number of benzene rings is 2. The topological polar surface area (TPSA) is 50.1 Å². The van der Waals surface area contributed by atoms with E-state index >= 15 is 0 Å². The van der Waals surface area contributed by atoms with E-state index in [9.17, 15) is 4.79 Å². The fourth-order valence-electron chi connectivity index (χ4n) is 2.70. The first-order valence-electron chi connectivity index (χ1n) is 8.20. The minimum atomic E-state index is -0.0130. The smallest absolute Gasteiger partial charge is 0.279 e. The summed E-state index contributed by atoms with van der Waals surface area (Å²) in [5.41, 5.74) is 3.08. The second-order valence-electron chi connectivity index (χ2n) is 6.28. The van der Waals surface area contributed by atoms with Gasteiger partial charge in [0.25, 0.3) is 5.91 Å². The molecule has 2 rings (SSSR count). The number of carbonyl (C=O) groups excluding carboxylic acids is 1. The summed E-state index contributed by atoms with van der Waals surface area (Å²) in [4.78, 5) is 13.5. The largest absolute Gasteiger partial charge is 0.333 e. The van der Waals surface area contributed by atoms with E-state index in [1.165, 1.54) is 10.5 Å². The predicted octanol–water partition coefficient (Wildman–Crippen LogP) is 1.04. The summed E-state index contributed by atoms with van der Waals surface area (Å²) in [6, 6.07) is 16.3. The van der Waals surface area contributed by atoms with Crippen molar-refractivity contribution >= 4 is 23.2 Å². The summed E-state index contributed by atoms with van der Waals surface area (Å²) in [5, 5.41) is 5.61. The summed E-state index contributed by atoms with van der Waals surface area (Å²) in [7, 11) is 4.28. The molecular weight excluding hydrogens is 322 g/mol. The molecule has 0 unspecified atom stereocenters. The van der Waals surface area contributed by atoms with E-state index < -0.39 is 0 Å². The number of quaternary nitrogens is 2. The first kappa shape index (κ1) is 18.5. The molecule has 128 valence electrons. The molecule has 5 heteroatoms. The van der Waals surface area contributed by atoms with Crippen LogP contribution in [-0.4, -0.2) is 33.1 Å². The maximum absolute atomic E-state index is 12.2. The SMILES string of the molecule is Cc1ccc(Cl)cc1NC(=O)C[NH2+]C[C@H](c1ccccc1)[NH+](C)C. The Balaban J connectivity index is 1.88. The van der Waals surface area contributed by atoms with E-state index in [0.717, 1.165) is 17.8 Å². The third kappa shape index (κ3) is 5.34. The quantitative estimate of drug-likeness (QED) is 0.688. The van der Waals surface area contributed by atoms with E-state index in [-0.39, 0.29) is 5.91 Å². The Labute approximate surface area is 148 Å². The number of likely N-dealkylation sites (N-methyl/N-ethyl adjacent to an activating group) is 1. The van der Waals surface area contributed by atoms with Crippen molar-refractivity contribution in [2.24, 2.45) is 0 Å². The van der Waals surface area contributed by atoms with Gasteiger partial charge in [-0.3, -0.25) is 4.79 Å². The Bertz CT molecular complexity index is 674. The molecule has 0 spiro atoms. The molecule has 0 aliphatic heterocycles. The number of anilines is 1. The summed E-state index contributed by atoms with van der Waals surface area (Å²) in [6.45, 7) is 3.20. The molecule has 0 aliphatic carbocycles. The van der Waals surface area contributed by atoms with Gasteiger partial charge in [0.05, 0.1) is 14.1 Å². The number of aryl methyl sites for hydroxylation is 1. The van der Waals surface area contributed by atoms with Crippen LogP contribution in [0.25, 0.3) is 0 Å². The summed E-state index contributed by atoms with van der Waals surface area (Å²) < 4.78 is 0. The lowest BCUT2D eigenvalue weighted by molar-refractivity contribution is -0.908. The lowest BCUT2D eigenvalue weighted by Gasteiger charge is -2.20. The Kier molecular flexibility index (Phi) is 6.79. The van der Waals surface area contributed by atoms with Crippen LogP contribution < -0.4 is 15.5 Å². The Morgan fingerprint density at radius 1 is 1.21 bits per heavy atom. The van der Waals surface area contributed by atoms with Gasteiger partial charge in [0.2, 0.25) is 0 Å². The van der Waals surface area contributed by atoms with Crippen molar-refractivity contribution in [2.75, 3.05) is 32.5 Å². The summed E-state index contributed by atoms with van der Waals surface area (Å²) in [6.07, 6.45) is 0. The third-order valence-electron chi connectivity index (χ3n) is 4.10. The normalized spacial score (nSPS) is 12.2. The molecule has 0 aliphatic rings. The van der Waals surface area contributed by atoms with Gasteiger partial charge in [-0.1, -0.05) is 48.0 Å². The average Bonchev–Trinajstić information content (AvgIpc) is 2.55. The molecule has 2 aromatic carbocycles. The van der Waals surface area contributed by atoms with E-state index in [2.05, 4.69) is 49.0 Å². The molecule has 4 N–H and O–H groups in total. The van der Waals surface area contributed by atoms with E-state index in [1.807, 2.05) is 25.1 Å². The number of nitrogens with two attached hydrogens (primary N) is 1. The lowest BCUT2D eigenvalue weighted by atomic mass is 10.1. The lowest BCUT2D eigenvalue weighted by Crippen LogP contribution is -3.09. The molecule has 0 bridgehead atoms. The molecule has 0 heterocycles. The Hall–Kier alpha value is -1.88. The molecule has 0 radical (unpaired) electrons. The van der Waals surface area contributed by atoms with Gasteiger partial charge in [0, 0.05) is 16.3 Å². The molecule has 24 heavy (non-hydrogen) atoms. The van der Waals surface area contributed by atoms with E-state index in [1.54, 1.807) is 6.07 Å². The van der Waals surface area contributed by atoms with Crippen molar-refractivity contribution in [2.45, 2.75) is 13.0 Å². The molecule has 0 saturated heterocycles. The summed E-state index contributed by atoms with van der Waals surface area (Å²) in [5.74, 6) is -0.0130. The molecule has 1 atom stereocenters. The number of nitrogens with one attached hydrogen (secondary N) is 2. The first-order valence-corrected chi connectivity index (χ1v) is 8.58. The maximum Gasteiger partial charge on any atom is 0.279 e. The van der Waals surface area contributed by atoms with Gasteiger partial charge < -0.3 is 15.5 Å². The van der Waals surface area contributed by atoms with Crippen LogP contribution in [0.1, 0.15) is 17.2 Å². The number of hydrogen-bond donors (Lipinski definition) is 3. The fraction of sp³-hybridized carbons (Fsp3) is 0.316. The number of carbonyl (C=O) groups is 1. The van der Waals surface area contributed by atoms with Crippen molar-refractivity contribution in [3.05, 3.63) is 64.7 Å². The van der Waals surface area contributed by atoms with Crippen LogP contribution in [0.4, 0.5) is 5.69 Å². The van der Waals surface area contributed by atoms with Crippen LogP contribution in [-0.2, 0) is 4.79 Å². The molecule has 0 aromatic heterocycles. The number of halogens is 1. The standard InChI is InChI=1S/C19H24ClN3O/c1-14-9-10-16(20)11-17(14)22-19(24)13-21-12-18(23(2)3)15-7-5-4-6-8-15/h4-11,18,21H,12-13H2,1-3H3,(H,22,24)/p+2/t18-/m1/s1. The van der Waals surface area contributed by atoms with E-state index in [4.69, 9.17) is 11.6 Å². The zero-order valence-corrected chi connectivity index (χ0v) is 15.2. The third-order valence-corrected chi connectivity index (χ3v) is 4.34. The monoisotopic (exact) mass is 347 g/mol. The van der Waals surface area contributed by atoms with Crippen LogP contribution >= 0.6 is 11.6 Å². The van der Waals surface area contributed by atoms with Crippen molar-refractivity contribution in [3.63, 3.8) is 0 Å². The van der Waals surface area contributed by atoms with Crippen molar-refractivity contribution in [1.82, 2.24) is 0 Å². The van der Waals surface area contributed by atoms with Crippen LogP contribution in [0.5, 0.6) is 0 Å². The minimum absolute atomic E-state index is 0.0130. The molecule has 1 amide bonds. The number of amides is 1. The van der Waals surface area contributed by atoms with Gasteiger partial charge in [-0.15, -0.1) is 0 Å². The van der Waals surface area contributed by atoms with Gasteiger partial charge in [-0.05, 0) is 24.6 Å². The van der Waals surface area contributed by atoms with Crippen molar-refractivity contribution in [1.29, 1.82) is 0 Å². The molecular formula is C19H26ClN3O+2. The van der Waals surface area contributed by atoms with Crippen molar-refractivity contribution in [3.8, 4) is 0 Å². The molecule has 0 fully saturated rings. The van der Waals surface area contributed by atoms with Crippen LogP contribution in [0.3, 0.4) is 0 Å².